The van der Waals surface area contributed by atoms with Crippen molar-refractivity contribution in [2.75, 3.05) is 57.8 Å². The van der Waals surface area contributed by atoms with Crippen molar-refractivity contribution in [2.45, 2.75) is 37.7 Å². The summed E-state index contributed by atoms with van der Waals surface area (Å²) in [6, 6.07) is 8.79. The second-order valence-electron chi connectivity index (χ2n) is 9.20. The van der Waals surface area contributed by atoms with Crippen LogP contribution >= 0.6 is 11.9 Å². The van der Waals surface area contributed by atoms with Crippen molar-refractivity contribution >= 4 is 40.9 Å². The zero-order valence-corrected chi connectivity index (χ0v) is 20.9. The first-order valence-corrected chi connectivity index (χ1v) is 12.2. The number of carbonyl (C=O) groups is 2. The number of anilines is 1. The fourth-order valence-electron chi connectivity index (χ4n) is 3.48. The van der Waals surface area contributed by atoms with Crippen molar-refractivity contribution in [3.63, 3.8) is 0 Å². The van der Waals surface area contributed by atoms with Crippen molar-refractivity contribution in [3.05, 3.63) is 30.5 Å². The summed E-state index contributed by atoms with van der Waals surface area (Å²) in [5.41, 5.74) is -0.507. The number of aldehydes is 1. The molecule has 33 heavy (non-hydrogen) atoms. The summed E-state index contributed by atoms with van der Waals surface area (Å²) in [5.74, 6) is 1.16. The highest BCUT2D eigenvalue weighted by molar-refractivity contribution is 7.97. The Labute approximate surface area is 200 Å². The van der Waals surface area contributed by atoms with Gasteiger partial charge in [-0.05, 0) is 58.3 Å². The molecule has 2 fully saturated rings. The minimum absolute atomic E-state index is 0.00505. The van der Waals surface area contributed by atoms with E-state index in [1.807, 2.05) is 18.1 Å². The standard InChI is InChI=1S/C17H22N4S.C7H13NO3/c1-19-10-12-21(13-11-19)22-16-5-2-4-15-14(16)6-7-18-17(15)20-8-3-9-20;1-7(2,3)11-6(10)8-4-5-9/h2,4-7H,3,8-13H2,1H3;5H,4H2,1-3H3,(H,8,10). The Morgan fingerprint density at radius 1 is 1.12 bits per heavy atom. The molecule has 1 N–H and O–H groups in total. The first kappa shape index (κ1) is 25.3. The molecule has 4 rings (SSSR count). The summed E-state index contributed by atoms with van der Waals surface area (Å²) in [4.78, 5) is 31.3. The zero-order valence-electron chi connectivity index (χ0n) is 20.0. The fraction of sp³-hybridized carbons (Fsp3) is 0.542. The topological polar surface area (TPSA) is 78.0 Å². The molecule has 0 saturated carbocycles. The van der Waals surface area contributed by atoms with Gasteiger partial charge in [-0.25, -0.2) is 14.1 Å². The monoisotopic (exact) mass is 473 g/mol. The molecule has 9 heteroatoms. The van der Waals surface area contributed by atoms with Crippen molar-refractivity contribution < 1.29 is 14.3 Å². The van der Waals surface area contributed by atoms with Crippen LogP contribution in [-0.4, -0.2) is 85.0 Å². The molecule has 1 aromatic carbocycles. The van der Waals surface area contributed by atoms with Crippen LogP contribution in [0.3, 0.4) is 0 Å². The third-order valence-electron chi connectivity index (χ3n) is 5.32. The third kappa shape index (κ3) is 7.58. The van der Waals surface area contributed by atoms with E-state index in [0.29, 0.717) is 6.29 Å². The molecule has 0 unspecified atom stereocenters. The minimum Gasteiger partial charge on any atom is -0.444 e. The molecule has 8 nitrogen and oxygen atoms in total. The molecule has 0 bridgehead atoms. The van der Waals surface area contributed by atoms with E-state index in [1.54, 1.807) is 20.8 Å². The van der Waals surface area contributed by atoms with Gasteiger partial charge in [0, 0.05) is 61.1 Å². The van der Waals surface area contributed by atoms with Crippen molar-refractivity contribution in [3.8, 4) is 0 Å². The van der Waals surface area contributed by atoms with E-state index < -0.39 is 11.7 Å². The summed E-state index contributed by atoms with van der Waals surface area (Å²) in [5, 5.41) is 4.89. The van der Waals surface area contributed by atoms with E-state index in [4.69, 9.17) is 4.74 Å². The van der Waals surface area contributed by atoms with Crippen LogP contribution in [0.1, 0.15) is 27.2 Å². The maximum Gasteiger partial charge on any atom is 0.408 e. The molecular formula is C24H35N5O3S. The maximum absolute atomic E-state index is 10.7. The lowest BCUT2D eigenvalue weighted by Gasteiger charge is -2.33. The lowest BCUT2D eigenvalue weighted by Crippen LogP contribution is -2.41. The molecule has 2 aromatic rings. The van der Waals surface area contributed by atoms with Crippen molar-refractivity contribution in [2.24, 2.45) is 0 Å². The number of benzene rings is 1. The first-order valence-electron chi connectivity index (χ1n) is 11.4. The van der Waals surface area contributed by atoms with Gasteiger partial charge in [0.1, 0.15) is 17.7 Å². The van der Waals surface area contributed by atoms with Crippen molar-refractivity contribution in [1.29, 1.82) is 0 Å². The summed E-state index contributed by atoms with van der Waals surface area (Å²) in [6.07, 6.45) is 3.28. The first-order chi connectivity index (χ1) is 15.8. The molecule has 0 aliphatic carbocycles. The molecule has 0 radical (unpaired) electrons. The number of rotatable bonds is 5. The minimum atomic E-state index is -0.565. The Bertz CT molecular complexity index is 937. The molecule has 3 heterocycles. The SMILES string of the molecule is CC(C)(C)OC(=O)NCC=O.CN1CCN(Sc2cccc3c(N4CCC4)nccc23)CC1. The lowest BCUT2D eigenvalue weighted by atomic mass is 10.1. The number of nitrogens with one attached hydrogen (secondary N) is 1. The number of piperazine rings is 1. The molecule has 2 saturated heterocycles. The average Bonchev–Trinajstić information content (AvgIpc) is 2.72. The van der Waals surface area contributed by atoms with Gasteiger partial charge in [-0.2, -0.15) is 0 Å². The zero-order chi connectivity index (χ0) is 23.8. The van der Waals surface area contributed by atoms with E-state index in [-0.39, 0.29) is 6.54 Å². The highest BCUT2D eigenvalue weighted by Crippen LogP contribution is 2.35. The van der Waals surface area contributed by atoms with Gasteiger partial charge in [-0.15, -0.1) is 0 Å². The van der Waals surface area contributed by atoms with Crippen LogP contribution in [-0.2, 0) is 9.53 Å². The van der Waals surface area contributed by atoms with Crippen LogP contribution < -0.4 is 10.2 Å². The van der Waals surface area contributed by atoms with Crippen LogP contribution in [0.25, 0.3) is 10.8 Å². The third-order valence-corrected chi connectivity index (χ3v) is 6.49. The van der Waals surface area contributed by atoms with Gasteiger partial charge in [-0.1, -0.05) is 12.1 Å². The van der Waals surface area contributed by atoms with Crippen LogP contribution in [0, 0.1) is 0 Å². The molecular weight excluding hydrogens is 438 g/mol. The Balaban J connectivity index is 0.000000239. The number of aromatic nitrogens is 1. The number of hydrogen-bond donors (Lipinski definition) is 1. The number of hydrogen-bond acceptors (Lipinski definition) is 8. The van der Waals surface area contributed by atoms with E-state index in [9.17, 15) is 9.59 Å². The number of fused-ring (bicyclic) bond motifs is 1. The molecule has 2 aliphatic heterocycles. The van der Waals surface area contributed by atoms with E-state index >= 15 is 0 Å². The normalized spacial score (nSPS) is 17.0. The maximum atomic E-state index is 10.7. The largest absolute Gasteiger partial charge is 0.444 e. The second-order valence-corrected chi connectivity index (χ2v) is 10.3. The number of amides is 1. The average molecular weight is 474 g/mol. The van der Waals surface area contributed by atoms with Gasteiger partial charge < -0.3 is 24.6 Å². The van der Waals surface area contributed by atoms with Crippen LogP contribution in [0.4, 0.5) is 10.6 Å². The number of alkyl carbamates (subject to hydrolysis) is 1. The number of likely N-dealkylation sites (N-methyl/N-ethyl adjacent to an activating group) is 1. The summed E-state index contributed by atoms with van der Waals surface area (Å²) in [7, 11) is 2.20. The smallest absolute Gasteiger partial charge is 0.408 e. The van der Waals surface area contributed by atoms with E-state index in [0.717, 1.165) is 45.1 Å². The highest BCUT2D eigenvalue weighted by atomic mass is 32.2. The molecule has 1 aromatic heterocycles. The van der Waals surface area contributed by atoms with Gasteiger partial charge in [0.2, 0.25) is 0 Å². The highest BCUT2D eigenvalue weighted by Gasteiger charge is 2.20. The quantitative estimate of drug-likeness (QED) is 0.523. The number of carbonyl (C=O) groups excluding carboxylic acids is 2. The van der Waals surface area contributed by atoms with Gasteiger partial charge in [0.25, 0.3) is 0 Å². The summed E-state index contributed by atoms with van der Waals surface area (Å²) < 4.78 is 7.32. The Kier molecular flexibility index (Phi) is 8.94. The second kappa shape index (κ2) is 11.7. The van der Waals surface area contributed by atoms with Crippen LogP contribution in [0.2, 0.25) is 0 Å². The van der Waals surface area contributed by atoms with E-state index in [1.165, 1.54) is 22.1 Å². The summed E-state index contributed by atoms with van der Waals surface area (Å²) in [6.45, 7) is 12.1. The number of ether oxygens (including phenoxy) is 1. The van der Waals surface area contributed by atoms with Gasteiger partial charge in [0.05, 0.1) is 6.54 Å². The van der Waals surface area contributed by atoms with Gasteiger partial charge in [0.15, 0.2) is 0 Å². The Morgan fingerprint density at radius 3 is 2.45 bits per heavy atom. The van der Waals surface area contributed by atoms with Crippen LogP contribution in [0.15, 0.2) is 35.4 Å². The number of pyridine rings is 1. The molecule has 0 spiro atoms. The molecule has 1 amide bonds. The molecule has 2 aliphatic rings. The van der Waals surface area contributed by atoms with Crippen molar-refractivity contribution in [1.82, 2.24) is 19.5 Å². The molecule has 0 atom stereocenters. The predicted molar refractivity (Wildman–Crippen MR) is 134 cm³/mol. The van der Waals surface area contributed by atoms with Crippen LogP contribution in [0.5, 0.6) is 0 Å². The fourth-order valence-corrected chi connectivity index (χ4v) is 4.52. The Morgan fingerprint density at radius 2 is 1.85 bits per heavy atom. The van der Waals surface area contributed by atoms with E-state index in [2.05, 4.69) is 55.7 Å². The number of nitrogens with zero attached hydrogens (tertiary/aromatic N) is 4. The molecule has 180 valence electrons. The lowest BCUT2D eigenvalue weighted by molar-refractivity contribution is -0.107. The predicted octanol–water partition coefficient (Wildman–Crippen LogP) is 3.41. The van der Waals surface area contributed by atoms with Gasteiger partial charge >= 0.3 is 6.09 Å². The van der Waals surface area contributed by atoms with Gasteiger partial charge in [-0.3, -0.25) is 0 Å². The Hall–Kier alpha value is -2.36. The summed E-state index contributed by atoms with van der Waals surface area (Å²) >= 11 is 1.90.